The summed E-state index contributed by atoms with van der Waals surface area (Å²) >= 11 is 0. The van der Waals surface area contributed by atoms with Crippen LogP contribution < -0.4 is 10.1 Å². The van der Waals surface area contributed by atoms with Crippen molar-refractivity contribution in [2.45, 2.75) is 32.1 Å². The van der Waals surface area contributed by atoms with Gasteiger partial charge in [-0.25, -0.2) is 9.48 Å². The molecule has 1 aromatic carbocycles. The standard InChI is InChI=1S/C18H20N4O3/c1-4-11-5-6-12(15-16(11)24-18(2,3)25-17(15)23)9-22-10-14(20-21-22)13-7-19-8-13/h4-6,10,13,19H,1,7-9H2,2-3H3. The van der Waals surface area contributed by atoms with Gasteiger partial charge < -0.3 is 14.8 Å². The third-order valence-electron chi connectivity index (χ3n) is 4.47. The molecule has 130 valence electrons. The zero-order valence-electron chi connectivity index (χ0n) is 14.3. The molecule has 1 fully saturated rings. The number of aromatic nitrogens is 3. The minimum absolute atomic E-state index is 0.395. The van der Waals surface area contributed by atoms with Crippen molar-refractivity contribution in [3.8, 4) is 5.75 Å². The highest BCUT2D eigenvalue weighted by molar-refractivity contribution is 5.96. The molecule has 0 unspecified atom stereocenters. The monoisotopic (exact) mass is 340 g/mol. The summed E-state index contributed by atoms with van der Waals surface area (Å²) < 4.78 is 13.0. The van der Waals surface area contributed by atoms with Crippen molar-refractivity contribution in [1.29, 1.82) is 0 Å². The molecule has 0 bridgehead atoms. The first-order valence-corrected chi connectivity index (χ1v) is 8.28. The summed E-state index contributed by atoms with van der Waals surface area (Å²) in [4.78, 5) is 12.6. The number of ether oxygens (including phenoxy) is 2. The van der Waals surface area contributed by atoms with Gasteiger partial charge in [-0.2, -0.15) is 0 Å². The van der Waals surface area contributed by atoms with Crippen molar-refractivity contribution in [3.63, 3.8) is 0 Å². The molecule has 1 N–H and O–H groups in total. The number of nitrogens with zero attached hydrogens (tertiary/aromatic N) is 3. The number of hydrogen-bond donors (Lipinski definition) is 1. The second-order valence-corrected chi connectivity index (χ2v) is 6.81. The van der Waals surface area contributed by atoms with Gasteiger partial charge in [-0.1, -0.05) is 30.0 Å². The molecule has 0 radical (unpaired) electrons. The molecule has 3 heterocycles. The highest BCUT2D eigenvalue weighted by atomic mass is 16.7. The van der Waals surface area contributed by atoms with E-state index in [4.69, 9.17) is 9.47 Å². The minimum atomic E-state index is -1.00. The Bertz CT molecular complexity index is 852. The van der Waals surface area contributed by atoms with Gasteiger partial charge in [0.1, 0.15) is 11.3 Å². The van der Waals surface area contributed by atoms with Gasteiger partial charge >= 0.3 is 5.97 Å². The fourth-order valence-electron chi connectivity index (χ4n) is 3.06. The summed E-state index contributed by atoms with van der Waals surface area (Å²) in [6, 6.07) is 3.77. The van der Waals surface area contributed by atoms with Gasteiger partial charge in [-0.15, -0.1) is 5.10 Å². The zero-order chi connectivity index (χ0) is 17.6. The van der Waals surface area contributed by atoms with Crippen molar-refractivity contribution in [3.05, 3.63) is 47.3 Å². The number of carbonyl (C=O) groups is 1. The van der Waals surface area contributed by atoms with Crippen LogP contribution in [-0.4, -0.2) is 39.8 Å². The van der Waals surface area contributed by atoms with Crippen LogP contribution >= 0.6 is 0 Å². The molecule has 0 atom stereocenters. The van der Waals surface area contributed by atoms with E-state index in [1.54, 1.807) is 24.6 Å². The van der Waals surface area contributed by atoms with E-state index in [0.717, 1.165) is 29.9 Å². The minimum Gasteiger partial charge on any atom is -0.451 e. The average Bonchev–Trinajstić information content (AvgIpc) is 2.92. The fourth-order valence-corrected chi connectivity index (χ4v) is 3.06. The molecular formula is C18H20N4O3. The van der Waals surface area contributed by atoms with Crippen molar-refractivity contribution >= 4 is 12.0 Å². The molecule has 0 spiro atoms. The lowest BCUT2D eigenvalue weighted by atomic mass is 9.99. The maximum atomic E-state index is 12.6. The molecule has 2 aliphatic rings. The molecule has 1 aromatic heterocycles. The number of rotatable bonds is 4. The van der Waals surface area contributed by atoms with Crippen LogP contribution in [0, 0.1) is 0 Å². The van der Waals surface area contributed by atoms with E-state index in [9.17, 15) is 4.79 Å². The number of carbonyl (C=O) groups excluding carboxylic acids is 1. The largest absolute Gasteiger partial charge is 0.451 e. The van der Waals surface area contributed by atoms with Crippen LogP contribution in [0.5, 0.6) is 5.75 Å². The second-order valence-electron chi connectivity index (χ2n) is 6.81. The summed E-state index contributed by atoms with van der Waals surface area (Å²) in [6.07, 6.45) is 3.60. The lowest BCUT2D eigenvalue weighted by Gasteiger charge is -2.33. The van der Waals surface area contributed by atoms with Crippen LogP contribution in [0.4, 0.5) is 0 Å². The van der Waals surface area contributed by atoms with E-state index in [2.05, 4.69) is 22.2 Å². The summed E-state index contributed by atoms with van der Waals surface area (Å²) in [5.41, 5.74) is 2.95. The Kier molecular flexibility index (Phi) is 3.61. The fraction of sp³-hybridized carbons (Fsp3) is 0.389. The Morgan fingerprint density at radius 1 is 1.40 bits per heavy atom. The molecule has 1 saturated heterocycles. The lowest BCUT2D eigenvalue weighted by Crippen LogP contribution is -2.40. The van der Waals surface area contributed by atoms with E-state index in [1.165, 1.54) is 0 Å². The van der Waals surface area contributed by atoms with E-state index < -0.39 is 11.8 Å². The molecule has 25 heavy (non-hydrogen) atoms. The van der Waals surface area contributed by atoms with E-state index in [0.29, 0.717) is 23.8 Å². The Morgan fingerprint density at radius 3 is 2.88 bits per heavy atom. The van der Waals surface area contributed by atoms with Crippen molar-refractivity contribution in [1.82, 2.24) is 20.3 Å². The van der Waals surface area contributed by atoms with Gasteiger partial charge in [-0.3, -0.25) is 0 Å². The number of hydrogen-bond acceptors (Lipinski definition) is 6. The highest BCUT2D eigenvalue weighted by Crippen LogP contribution is 2.37. The van der Waals surface area contributed by atoms with Crippen molar-refractivity contribution < 1.29 is 14.3 Å². The predicted molar refractivity (Wildman–Crippen MR) is 91.4 cm³/mol. The van der Waals surface area contributed by atoms with Crippen molar-refractivity contribution in [2.75, 3.05) is 13.1 Å². The summed E-state index contributed by atoms with van der Waals surface area (Å²) in [5.74, 6) is -0.469. The molecule has 0 amide bonds. The van der Waals surface area contributed by atoms with Crippen LogP contribution in [0.3, 0.4) is 0 Å². The Morgan fingerprint density at radius 2 is 2.20 bits per heavy atom. The summed E-state index contributed by atoms with van der Waals surface area (Å²) in [6.45, 7) is 9.50. The van der Waals surface area contributed by atoms with Gasteiger partial charge in [0.25, 0.3) is 0 Å². The molecule has 7 nitrogen and oxygen atoms in total. The number of nitrogens with one attached hydrogen (secondary N) is 1. The third-order valence-corrected chi connectivity index (χ3v) is 4.47. The van der Waals surface area contributed by atoms with Crippen molar-refractivity contribution in [2.24, 2.45) is 0 Å². The second kappa shape index (κ2) is 5.70. The molecular weight excluding hydrogens is 320 g/mol. The Hall–Kier alpha value is -2.67. The third kappa shape index (κ3) is 2.80. The lowest BCUT2D eigenvalue weighted by molar-refractivity contribution is -0.127. The first-order chi connectivity index (χ1) is 12.0. The first kappa shape index (κ1) is 15.8. The maximum absolute atomic E-state index is 12.6. The predicted octanol–water partition coefficient (Wildman–Crippen LogP) is 1.94. The van der Waals surface area contributed by atoms with Gasteiger partial charge in [0, 0.05) is 44.6 Å². The van der Waals surface area contributed by atoms with Gasteiger partial charge in [0.15, 0.2) is 0 Å². The quantitative estimate of drug-likeness (QED) is 0.857. The molecule has 0 aliphatic carbocycles. The molecule has 0 saturated carbocycles. The highest BCUT2D eigenvalue weighted by Gasteiger charge is 2.36. The number of fused-ring (bicyclic) bond motifs is 1. The topological polar surface area (TPSA) is 78.3 Å². The first-order valence-electron chi connectivity index (χ1n) is 8.28. The van der Waals surface area contributed by atoms with Crippen LogP contribution in [0.15, 0.2) is 24.9 Å². The van der Waals surface area contributed by atoms with Gasteiger partial charge in [0.2, 0.25) is 5.79 Å². The molecule has 2 aliphatic heterocycles. The SMILES string of the molecule is C=Cc1ccc(Cn2cc(C3CNC3)nn2)c2c1OC(C)(C)OC2=O. The average molecular weight is 340 g/mol. The normalized spacial score (nSPS) is 18.7. The molecule has 7 heteroatoms. The van der Waals surface area contributed by atoms with E-state index >= 15 is 0 Å². The molecule has 4 rings (SSSR count). The van der Waals surface area contributed by atoms with Crippen LogP contribution in [0.1, 0.15) is 46.9 Å². The van der Waals surface area contributed by atoms with E-state index in [-0.39, 0.29) is 0 Å². The Labute approximate surface area is 145 Å². The summed E-state index contributed by atoms with van der Waals surface area (Å²) in [5, 5.41) is 11.6. The Balaban J connectivity index is 1.69. The van der Waals surface area contributed by atoms with Gasteiger partial charge in [0.05, 0.1) is 12.2 Å². The number of cyclic esters (lactones) is 1. The zero-order valence-corrected chi connectivity index (χ0v) is 14.3. The number of benzene rings is 1. The van der Waals surface area contributed by atoms with Crippen LogP contribution in [0.2, 0.25) is 0 Å². The van der Waals surface area contributed by atoms with Crippen LogP contribution in [0.25, 0.3) is 6.08 Å². The smallest absolute Gasteiger partial charge is 0.345 e. The number of esters is 1. The summed E-state index contributed by atoms with van der Waals surface area (Å²) in [7, 11) is 0. The van der Waals surface area contributed by atoms with Gasteiger partial charge in [-0.05, 0) is 5.56 Å². The molecule has 2 aromatic rings. The maximum Gasteiger partial charge on any atom is 0.345 e. The van der Waals surface area contributed by atoms with Crippen LogP contribution in [-0.2, 0) is 11.3 Å². The van der Waals surface area contributed by atoms with E-state index in [1.807, 2.05) is 18.3 Å².